The van der Waals surface area contributed by atoms with Crippen molar-refractivity contribution in [2.45, 2.75) is 13.8 Å². The molecule has 2 aromatic rings. The van der Waals surface area contributed by atoms with Gasteiger partial charge in [0, 0.05) is 28.6 Å². The van der Waals surface area contributed by atoms with E-state index < -0.39 is 5.63 Å². The van der Waals surface area contributed by atoms with Crippen molar-refractivity contribution >= 4 is 30.0 Å². The zero-order chi connectivity index (χ0) is 13.0. The first-order valence-corrected chi connectivity index (χ1v) is 5.36. The van der Waals surface area contributed by atoms with Crippen LogP contribution >= 0.6 is 0 Å². The summed E-state index contributed by atoms with van der Waals surface area (Å²) in [7, 11) is 0. The van der Waals surface area contributed by atoms with Crippen LogP contribution in [0.4, 0.5) is 0 Å². The highest BCUT2D eigenvalue weighted by Crippen LogP contribution is 2.09. The van der Waals surface area contributed by atoms with E-state index in [9.17, 15) is 4.79 Å². The topological polar surface area (TPSA) is 43.1 Å². The summed E-state index contributed by atoms with van der Waals surface area (Å²) in [6.07, 6.45) is 4.72. The second-order valence-electron chi connectivity index (χ2n) is 3.15. The molecule has 17 heavy (non-hydrogen) atoms. The number of hydrogen-bond acceptors (Lipinski definition) is 3. The minimum Gasteiger partial charge on any atom is -0.423 e. The highest BCUT2D eigenvalue weighted by atomic mass is 16.4. The molecule has 0 unspecified atom stereocenters. The Balaban J connectivity index is 0.000000686. The summed E-state index contributed by atoms with van der Waals surface area (Å²) >= 11 is 0. The molecule has 0 N–H and O–H groups in total. The maximum absolute atomic E-state index is 11.5. The summed E-state index contributed by atoms with van der Waals surface area (Å²) < 4.78 is 4.92. The third kappa shape index (κ3) is 2.18. The van der Waals surface area contributed by atoms with Crippen molar-refractivity contribution < 1.29 is 4.42 Å². The van der Waals surface area contributed by atoms with Gasteiger partial charge < -0.3 is 4.42 Å². The minimum atomic E-state index is -0.446. The highest BCUT2D eigenvalue weighted by Gasteiger charge is 2.05. The molecule has 2 heterocycles. The molecule has 0 atom stereocenters. The van der Waals surface area contributed by atoms with Crippen LogP contribution < -0.4 is 16.3 Å². The molecule has 0 saturated heterocycles. The fourth-order valence-electron chi connectivity index (χ4n) is 1.49. The molecule has 3 nitrogen and oxygen atoms in total. The van der Waals surface area contributed by atoms with Crippen molar-refractivity contribution in [1.82, 2.24) is 4.98 Å². The summed E-state index contributed by atoms with van der Waals surface area (Å²) in [5, 5.41) is 1.72. The minimum absolute atomic E-state index is 0.279. The van der Waals surface area contributed by atoms with Gasteiger partial charge in [-0.15, -0.1) is 0 Å². The number of fused-ring (bicyclic) bond motifs is 1. The molecule has 0 saturated carbocycles. The number of rotatable bonds is 1. The van der Waals surface area contributed by atoms with Gasteiger partial charge in [-0.05, 0) is 0 Å². The molecule has 2 rings (SSSR count). The Morgan fingerprint density at radius 3 is 2.53 bits per heavy atom. The SMILES string of the molecule is C=Cc1cncc2c(=O)oc(=C)c(=C)c12.CC. The van der Waals surface area contributed by atoms with Gasteiger partial charge in [0.15, 0.2) is 0 Å². The van der Waals surface area contributed by atoms with E-state index in [1.54, 1.807) is 12.3 Å². The van der Waals surface area contributed by atoms with E-state index in [1.807, 2.05) is 13.8 Å². The zero-order valence-corrected chi connectivity index (χ0v) is 10.1. The molecule has 2 aromatic heterocycles. The Labute approximate surface area is 99.4 Å². The van der Waals surface area contributed by atoms with Crippen molar-refractivity contribution in [1.29, 1.82) is 0 Å². The number of nitrogens with zero attached hydrogens (tertiary/aromatic N) is 1. The Morgan fingerprint density at radius 2 is 1.94 bits per heavy atom. The zero-order valence-electron chi connectivity index (χ0n) is 10.1. The van der Waals surface area contributed by atoms with E-state index in [0.717, 1.165) is 5.56 Å². The van der Waals surface area contributed by atoms with Crippen LogP contribution in [0.15, 0.2) is 28.2 Å². The van der Waals surface area contributed by atoms with Crippen molar-refractivity contribution in [2.75, 3.05) is 0 Å². The maximum Gasteiger partial charge on any atom is 0.345 e. The van der Waals surface area contributed by atoms with Crippen molar-refractivity contribution in [3.05, 3.63) is 45.6 Å². The predicted molar refractivity (Wildman–Crippen MR) is 72.0 cm³/mol. The summed E-state index contributed by atoms with van der Waals surface area (Å²) in [6.45, 7) is 15.1. The second kappa shape index (κ2) is 5.25. The lowest BCUT2D eigenvalue weighted by atomic mass is 10.1. The lowest BCUT2D eigenvalue weighted by Gasteiger charge is -2.00. The molecule has 0 radical (unpaired) electrons. The molecule has 0 amide bonds. The Kier molecular flexibility index (Phi) is 3.99. The summed E-state index contributed by atoms with van der Waals surface area (Å²) in [5.74, 6) is 0. The Hall–Kier alpha value is -2.16. The van der Waals surface area contributed by atoms with Crippen LogP contribution in [0.1, 0.15) is 19.4 Å². The summed E-state index contributed by atoms with van der Waals surface area (Å²) in [4.78, 5) is 15.4. The van der Waals surface area contributed by atoms with Gasteiger partial charge in [0.1, 0.15) is 5.42 Å². The summed E-state index contributed by atoms with van der Waals surface area (Å²) in [5.41, 5.74) is 0.593. The van der Waals surface area contributed by atoms with Gasteiger partial charge in [0.05, 0.1) is 5.39 Å². The van der Waals surface area contributed by atoms with E-state index in [-0.39, 0.29) is 5.42 Å². The van der Waals surface area contributed by atoms with Crippen LogP contribution in [0, 0.1) is 0 Å². The molecule has 0 aliphatic carbocycles. The molecule has 0 fully saturated rings. The van der Waals surface area contributed by atoms with Gasteiger partial charge in [-0.1, -0.05) is 39.7 Å². The van der Waals surface area contributed by atoms with Crippen LogP contribution in [0.2, 0.25) is 0 Å². The first-order valence-electron chi connectivity index (χ1n) is 5.36. The molecule has 3 heteroatoms. The fraction of sp³-hybridized carbons (Fsp3) is 0.143. The normalized spacial score (nSPS) is 9.53. The van der Waals surface area contributed by atoms with Gasteiger partial charge in [-0.3, -0.25) is 4.98 Å². The molecule has 0 aliphatic rings. The van der Waals surface area contributed by atoms with E-state index in [0.29, 0.717) is 16.0 Å². The molecular weight excluding hydrogens is 214 g/mol. The van der Waals surface area contributed by atoms with Gasteiger partial charge in [0.25, 0.3) is 0 Å². The Morgan fingerprint density at radius 1 is 1.29 bits per heavy atom. The molecule has 88 valence electrons. The van der Waals surface area contributed by atoms with E-state index in [4.69, 9.17) is 4.42 Å². The number of hydrogen-bond donors (Lipinski definition) is 0. The number of pyridine rings is 1. The third-order valence-corrected chi connectivity index (χ3v) is 2.27. The van der Waals surface area contributed by atoms with Gasteiger partial charge >= 0.3 is 5.63 Å². The molecule has 0 aromatic carbocycles. The van der Waals surface area contributed by atoms with Crippen molar-refractivity contribution in [3.63, 3.8) is 0 Å². The van der Waals surface area contributed by atoms with Crippen LogP contribution in [0.5, 0.6) is 0 Å². The lowest BCUT2D eigenvalue weighted by molar-refractivity contribution is 0.484. The van der Waals surface area contributed by atoms with Crippen LogP contribution in [0.25, 0.3) is 30.0 Å². The predicted octanol–water partition coefficient (Wildman–Crippen LogP) is 1.68. The summed E-state index contributed by atoms with van der Waals surface area (Å²) in [6, 6.07) is 0. The van der Waals surface area contributed by atoms with Crippen LogP contribution in [-0.4, -0.2) is 4.98 Å². The standard InChI is InChI=1S/C12H9NO2.C2H6/c1-4-9-5-13-6-10-11(9)7(2)8(3)15-12(10)14;1-2/h4-6H,1-3H2;1-2H3. The van der Waals surface area contributed by atoms with E-state index in [1.165, 1.54) is 6.20 Å². The molecular formula is C14H15NO2. The monoisotopic (exact) mass is 229 g/mol. The van der Waals surface area contributed by atoms with E-state index in [2.05, 4.69) is 24.7 Å². The number of aromatic nitrogens is 1. The average molecular weight is 229 g/mol. The van der Waals surface area contributed by atoms with Gasteiger partial charge in [-0.2, -0.15) is 0 Å². The average Bonchev–Trinajstić information content (AvgIpc) is 2.37. The molecule has 0 spiro atoms. The highest BCUT2D eigenvalue weighted by molar-refractivity contribution is 5.88. The largest absolute Gasteiger partial charge is 0.423 e. The first kappa shape index (κ1) is 12.9. The van der Waals surface area contributed by atoms with Crippen LogP contribution in [-0.2, 0) is 0 Å². The first-order chi connectivity index (χ1) is 8.15. The maximum atomic E-state index is 11.5. The quantitative estimate of drug-likeness (QED) is 0.747. The van der Waals surface area contributed by atoms with Gasteiger partial charge in [0.2, 0.25) is 0 Å². The fourth-order valence-corrected chi connectivity index (χ4v) is 1.49. The van der Waals surface area contributed by atoms with Gasteiger partial charge in [-0.25, -0.2) is 4.79 Å². The van der Waals surface area contributed by atoms with Crippen molar-refractivity contribution in [2.24, 2.45) is 0 Å². The smallest absolute Gasteiger partial charge is 0.345 e. The Bertz CT molecular complexity index is 698. The van der Waals surface area contributed by atoms with Crippen molar-refractivity contribution in [3.8, 4) is 0 Å². The lowest BCUT2D eigenvalue weighted by Crippen LogP contribution is -2.28. The third-order valence-electron chi connectivity index (χ3n) is 2.27. The van der Waals surface area contributed by atoms with Crippen LogP contribution in [0.3, 0.4) is 0 Å². The van der Waals surface area contributed by atoms with E-state index >= 15 is 0 Å². The molecule has 0 aliphatic heterocycles. The second-order valence-corrected chi connectivity index (χ2v) is 3.15. The molecule has 0 bridgehead atoms.